The summed E-state index contributed by atoms with van der Waals surface area (Å²) in [7, 11) is 0. The molecule has 0 aliphatic heterocycles. The van der Waals surface area contributed by atoms with Crippen LogP contribution in [0.2, 0.25) is 0 Å². The van der Waals surface area contributed by atoms with Gasteiger partial charge in [-0.2, -0.15) is 13.2 Å². The number of benzene rings is 1. The summed E-state index contributed by atoms with van der Waals surface area (Å²) in [6, 6.07) is 4.10. The minimum Gasteiger partial charge on any atom is -0.480 e. The van der Waals surface area contributed by atoms with Crippen molar-refractivity contribution in [2.75, 3.05) is 13.1 Å². The molecule has 0 unspecified atom stereocenters. The predicted octanol–water partition coefficient (Wildman–Crippen LogP) is 2.67. The summed E-state index contributed by atoms with van der Waals surface area (Å²) in [5.74, 6) is -2.25. The standard InChI is InChI=1S/C18H23F3N2O4/c1-17(2,3)8-14(24)22-9-15(25)23(11-16(26)27)10-12-4-6-13(7-5-12)18(19,20)21/h4-7H,8-11H2,1-3H3,(H,22,24)(H,26,27). The van der Waals surface area contributed by atoms with Crippen LogP contribution in [0.5, 0.6) is 0 Å². The van der Waals surface area contributed by atoms with E-state index in [0.717, 1.165) is 17.0 Å². The Morgan fingerprint density at radius 1 is 1.07 bits per heavy atom. The van der Waals surface area contributed by atoms with Gasteiger partial charge in [-0.15, -0.1) is 0 Å². The van der Waals surface area contributed by atoms with Gasteiger partial charge in [0.2, 0.25) is 11.8 Å². The summed E-state index contributed by atoms with van der Waals surface area (Å²) in [6.07, 6.45) is -4.29. The molecule has 150 valence electrons. The molecule has 0 bridgehead atoms. The summed E-state index contributed by atoms with van der Waals surface area (Å²) >= 11 is 0. The molecule has 9 heteroatoms. The third kappa shape index (κ3) is 8.57. The van der Waals surface area contributed by atoms with Gasteiger partial charge in [0.1, 0.15) is 6.54 Å². The molecular weight excluding hydrogens is 365 g/mol. The fourth-order valence-electron chi connectivity index (χ4n) is 2.25. The summed E-state index contributed by atoms with van der Waals surface area (Å²) in [5, 5.41) is 11.4. The van der Waals surface area contributed by atoms with Gasteiger partial charge in [0.05, 0.1) is 12.1 Å². The van der Waals surface area contributed by atoms with E-state index in [1.54, 1.807) is 0 Å². The highest BCUT2D eigenvalue weighted by Gasteiger charge is 2.30. The average Bonchev–Trinajstić information content (AvgIpc) is 2.49. The van der Waals surface area contributed by atoms with Gasteiger partial charge < -0.3 is 15.3 Å². The molecule has 0 aliphatic carbocycles. The van der Waals surface area contributed by atoms with Crippen LogP contribution in [0.1, 0.15) is 38.3 Å². The number of nitrogens with one attached hydrogen (secondary N) is 1. The van der Waals surface area contributed by atoms with Crippen molar-refractivity contribution in [2.45, 2.75) is 39.9 Å². The molecule has 0 saturated carbocycles. The van der Waals surface area contributed by atoms with Crippen LogP contribution in [0.25, 0.3) is 0 Å². The third-order valence-corrected chi connectivity index (χ3v) is 3.46. The van der Waals surface area contributed by atoms with Crippen molar-refractivity contribution < 1.29 is 32.7 Å². The van der Waals surface area contributed by atoms with Gasteiger partial charge in [0.25, 0.3) is 0 Å². The van der Waals surface area contributed by atoms with Crippen molar-refractivity contribution in [3.63, 3.8) is 0 Å². The monoisotopic (exact) mass is 388 g/mol. The van der Waals surface area contributed by atoms with Crippen LogP contribution >= 0.6 is 0 Å². The van der Waals surface area contributed by atoms with Crippen LogP contribution < -0.4 is 5.32 Å². The van der Waals surface area contributed by atoms with Crippen molar-refractivity contribution in [1.29, 1.82) is 0 Å². The number of alkyl halides is 3. The average molecular weight is 388 g/mol. The number of nitrogens with zero attached hydrogens (tertiary/aromatic N) is 1. The van der Waals surface area contributed by atoms with Crippen LogP contribution in [-0.2, 0) is 27.1 Å². The van der Waals surface area contributed by atoms with E-state index >= 15 is 0 Å². The molecule has 0 aliphatic rings. The molecule has 2 N–H and O–H groups in total. The number of carbonyl (C=O) groups excluding carboxylic acids is 2. The summed E-state index contributed by atoms with van der Waals surface area (Å²) in [5.41, 5.74) is -0.760. The maximum absolute atomic E-state index is 12.6. The highest BCUT2D eigenvalue weighted by atomic mass is 19.4. The van der Waals surface area contributed by atoms with Crippen LogP contribution in [0.15, 0.2) is 24.3 Å². The first-order valence-electron chi connectivity index (χ1n) is 8.20. The molecule has 1 rings (SSSR count). The summed E-state index contributed by atoms with van der Waals surface area (Å²) in [6.45, 7) is 4.37. The molecule has 1 aromatic rings. The SMILES string of the molecule is CC(C)(C)CC(=O)NCC(=O)N(CC(=O)O)Cc1ccc(C(F)(F)F)cc1. The quantitative estimate of drug-likeness (QED) is 0.752. The first-order valence-corrected chi connectivity index (χ1v) is 8.20. The Balaban J connectivity index is 2.76. The zero-order chi connectivity index (χ0) is 20.8. The molecule has 27 heavy (non-hydrogen) atoms. The summed E-state index contributed by atoms with van der Waals surface area (Å²) in [4.78, 5) is 36.0. The largest absolute Gasteiger partial charge is 0.480 e. The second kappa shape index (κ2) is 8.88. The van der Waals surface area contributed by atoms with Crippen molar-refractivity contribution in [3.8, 4) is 0 Å². The Bertz CT molecular complexity index is 679. The van der Waals surface area contributed by atoms with Crippen molar-refractivity contribution in [1.82, 2.24) is 10.2 Å². The number of aliphatic carboxylic acids is 1. The maximum Gasteiger partial charge on any atom is 0.416 e. The minimum absolute atomic E-state index is 0.182. The molecule has 0 atom stereocenters. The van der Waals surface area contributed by atoms with Gasteiger partial charge in [-0.3, -0.25) is 14.4 Å². The lowest BCUT2D eigenvalue weighted by atomic mass is 9.92. The van der Waals surface area contributed by atoms with Crippen molar-refractivity contribution in [3.05, 3.63) is 35.4 Å². The van der Waals surface area contributed by atoms with E-state index in [2.05, 4.69) is 5.32 Å². The Hall–Kier alpha value is -2.58. The van der Waals surface area contributed by atoms with E-state index in [-0.39, 0.29) is 30.8 Å². The van der Waals surface area contributed by atoms with Gasteiger partial charge in [-0.1, -0.05) is 32.9 Å². The number of amides is 2. The van der Waals surface area contributed by atoms with Crippen molar-refractivity contribution >= 4 is 17.8 Å². The number of carboxylic acid groups (broad SMARTS) is 1. The molecule has 0 spiro atoms. The van der Waals surface area contributed by atoms with Crippen LogP contribution in [0, 0.1) is 5.41 Å². The van der Waals surface area contributed by atoms with Gasteiger partial charge in [0, 0.05) is 13.0 Å². The number of rotatable bonds is 7. The topological polar surface area (TPSA) is 86.7 Å². The van der Waals surface area contributed by atoms with Gasteiger partial charge in [-0.05, 0) is 23.1 Å². The normalized spacial score (nSPS) is 11.8. The number of hydrogen-bond donors (Lipinski definition) is 2. The second-order valence-electron chi connectivity index (χ2n) is 7.35. The molecule has 6 nitrogen and oxygen atoms in total. The molecule has 0 saturated heterocycles. The molecule has 0 fully saturated rings. The van der Waals surface area contributed by atoms with E-state index < -0.39 is 30.2 Å². The minimum atomic E-state index is -4.48. The highest BCUT2D eigenvalue weighted by Crippen LogP contribution is 2.29. The molecule has 2 amide bonds. The first-order chi connectivity index (χ1) is 12.3. The highest BCUT2D eigenvalue weighted by molar-refractivity contribution is 5.86. The second-order valence-corrected chi connectivity index (χ2v) is 7.35. The van der Waals surface area contributed by atoms with E-state index in [4.69, 9.17) is 5.11 Å². The fraction of sp³-hybridized carbons (Fsp3) is 0.500. The number of carboxylic acids is 1. The lowest BCUT2D eigenvalue weighted by Crippen LogP contribution is -2.42. The van der Waals surface area contributed by atoms with Gasteiger partial charge >= 0.3 is 12.1 Å². The Kier molecular flexibility index (Phi) is 7.38. The van der Waals surface area contributed by atoms with Gasteiger partial charge in [-0.25, -0.2) is 0 Å². The molecular formula is C18H23F3N2O4. The first kappa shape index (κ1) is 22.5. The zero-order valence-electron chi connectivity index (χ0n) is 15.4. The lowest BCUT2D eigenvalue weighted by molar-refractivity contribution is -0.144. The lowest BCUT2D eigenvalue weighted by Gasteiger charge is -2.22. The molecule has 0 heterocycles. The van der Waals surface area contributed by atoms with Gasteiger partial charge in [0.15, 0.2) is 0 Å². The van der Waals surface area contributed by atoms with E-state index in [9.17, 15) is 27.6 Å². The van der Waals surface area contributed by atoms with E-state index in [1.165, 1.54) is 12.1 Å². The fourth-order valence-corrected chi connectivity index (χ4v) is 2.25. The van der Waals surface area contributed by atoms with Crippen LogP contribution in [-0.4, -0.2) is 40.9 Å². The zero-order valence-corrected chi connectivity index (χ0v) is 15.4. The molecule has 0 aromatic heterocycles. The smallest absolute Gasteiger partial charge is 0.416 e. The van der Waals surface area contributed by atoms with E-state index in [1.807, 2.05) is 20.8 Å². The number of halogens is 3. The Morgan fingerprint density at radius 3 is 2.07 bits per heavy atom. The number of carbonyl (C=O) groups is 3. The Labute approximate surface area is 155 Å². The maximum atomic E-state index is 12.6. The number of hydrogen-bond acceptors (Lipinski definition) is 3. The molecule has 1 aromatic carbocycles. The molecule has 0 radical (unpaired) electrons. The van der Waals surface area contributed by atoms with E-state index in [0.29, 0.717) is 5.56 Å². The summed E-state index contributed by atoms with van der Waals surface area (Å²) < 4.78 is 37.8. The van der Waals surface area contributed by atoms with Crippen LogP contribution in [0.4, 0.5) is 13.2 Å². The predicted molar refractivity (Wildman–Crippen MR) is 91.6 cm³/mol. The third-order valence-electron chi connectivity index (χ3n) is 3.46. The Morgan fingerprint density at radius 2 is 1.63 bits per heavy atom. The van der Waals surface area contributed by atoms with Crippen LogP contribution in [0.3, 0.4) is 0 Å². The van der Waals surface area contributed by atoms with Crippen molar-refractivity contribution in [2.24, 2.45) is 5.41 Å².